The molecule has 0 fully saturated rings. The minimum absolute atomic E-state index is 0.455. The van der Waals surface area contributed by atoms with Gasteiger partial charge in [0, 0.05) is 13.1 Å². The number of aromatic amines is 1. The standard InChI is InChI=1S/C13H22N4S/c1-5-8-10-11-12(16(4)15-10)17(13(18)14-11)9(6-2)7-3/h9H,5-8H2,1-4H3,(H,14,18). The van der Waals surface area contributed by atoms with E-state index in [1.807, 2.05) is 11.7 Å². The van der Waals surface area contributed by atoms with Crippen molar-refractivity contribution < 1.29 is 0 Å². The van der Waals surface area contributed by atoms with E-state index < -0.39 is 0 Å². The first-order valence-corrected chi connectivity index (χ1v) is 7.20. The van der Waals surface area contributed by atoms with Gasteiger partial charge in [-0.05, 0) is 31.5 Å². The molecule has 2 aromatic rings. The normalized spacial score (nSPS) is 11.8. The number of H-pyrrole nitrogens is 1. The summed E-state index contributed by atoms with van der Waals surface area (Å²) in [7, 11) is 2.00. The molecule has 0 spiro atoms. The van der Waals surface area contributed by atoms with E-state index in [-0.39, 0.29) is 0 Å². The zero-order valence-electron chi connectivity index (χ0n) is 11.7. The second-order valence-electron chi connectivity index (χ2n) is 4.79. The van der Waals surface area contributed by atoms with E-state index in [0.717, 1.165) is 47.3 Å². The Bertz CT molecular complexity index is 586. The number of fused-ring (bicyclic) bond motifs is 1. The Balaban J connectivity index is 2.67. The summed E-state index contributed by atoms with van der Waals surface area (Å²) in [5.74, 6) is 0. The second-order valence-corrected chi connectivity index (χ2v) is 5.18. The van der Waals surface area contributed by atoms with Crippen molar-refractivity contribution in [3.05, 3.63) is 10.5 Å². The molecule has 0 amide bonds. The number of hydrogen-bond donors (Lipinski definition) is 1. The van der Waals surface area contributed by atoms with Crippen LogP contribution in [0, 0.1) is 4.77 Å². The molecule has 2 aromatic heterocycles. The number of hydrogen-bond acceptors (Lipinski definition) is 2. The summed E-state index contributed by atoms with van der Waals surface area (Å²) in [6.07, 6.45) is 4.27. The van der Waals surface area contributed by atoms with Crippen molar-refractivity contribution in [1.82, 2.24) is 19.3 Å². The van der Waals surface area contributed by atoms with Crippen molar-refractivity contribution in [2.24, 2.45) is 7.05 Å². The molecule has 0 saturated heterocycles. The summed E-state index contributed by atoms with van der Waals surface area (Å²) in [6.45, 7) is 6.59. The van der Waals surface area contributed by atoms with Crippen LogP contribution in [0.25, 0.3) is 11.2 Å². The molecule has 4 nitrogen and oxygen atoms in total. The predicted molar refractivity (Wildman–Crippen MR) is 77.5 cm³/mol. The molecular weight excluding hydrogens is 244 g/mol. The number of nitrogens with zero attached hydrogens (tertiary/aromatic N) is 3. The maximum absolute atomic E-state index is 5.49. The van der Waals surface area contributed by atoms with E-state index in [1.54, 1.807) is 0 Å². The highest BCUT2D eigenvalue weighted by molar-refractivity contribution is 7.71. The van der Waals surface area contributed by atoms with Crippen LogP contribution in [0.15, 0.2) is 0 Å². The third-order valence-electron chi connectivity index (χ3n) is 3.56. The van der Waals surface area contributed by atoms with E-state index in [2.05, 4.69) is 35.4 Å². The Hall–Kier alpha value is -1.10. The van der Waals surface area contributed by atoms with Crippen LogP contribution in [0.3, 0.4) is 0 Å². The maximum Gasteiger partial charge on any atom is 0.179 e. The van der Waals surface area contributed by atoms with Gasteiger partial charge in [0.2, 0.25) is 0 Å². The molecule has 0 unspecified atom stereocenters. The van der Waals surface area contributed by atoms with Gasteiger partial charge in [0.15, 0.2) is 10.4 Å². The van der Waals surface area contributed by atoms with Gasteiger partial charge in [0.25, 0.3) is 0 Å². The molecule has 0 radical (unpaired) electrons. The van der Waals surface area contributed by atoms with E-state index in [1.165, 1.54) is 0 Å². The average Bonchev–Trinajstić information content (AvgIpc) is 2.82. The molecule has 18 heavy (non-hydrogen) atoms. The summed E-state index contributed by atoms with van der Waals surface area (Å²) in [5.41, 5.74) is 3.39. The lowest BCUT2D eigenvalue weighted by atomic mass is 10.2. The number of aromatic nitrogens is 4. The van der Waals surface area contributed by atoms with Crippen molar-refractivity contribution in [3.8, 4) is 0 Å². The van der Waals surface area contributed by atoms with Crippen LogP contribution in [0.5, 0.6) is 0 Å². The minimum atomic E-state index is 0.455. The topological polar surface area (TPSA) is 38.5 Å². The van der Waals surface area contributed by atoms with Gasteiger partial charge >= 0.3 is 0 Å². The Morgan fingerprint density at radius 1 is 1.28 bits per heavy atom. The highest BCUT2D eigenvalue weighted by Crippen LogP contribution is 2.25. The number of aryl methyl sites for hydroxylation is 2. The Kier molecular flexibility index (Phi) is 3.90. The molecule has 2 rings (SSSR count). The minimum Gasteiger partial charge on any atom is -0.328 e. The first-order chi connectivity index (χ1) is 8.63. The number of nitrogens with one attached hydrogen (secondary N) is 1. The molecule has 0 bridgehead atoms. The van der Waals surface area contributed by atoms with E-state index in [4.69, 9.17) is 12.2 Å². The lowest BCUT2D eigenvalue weighted by molar-refractivity contribution is 0.470. The Morgan fingerprint density at radius 3 is 2.50 bits per heavy atom. The smallest absolute Gasteiger partial charge is 0.179 e. The van der Waals surface area contributed by atoms with Crippen molar-refractivity contribution >= 4 is 23.4 Å². The summed E-state index contributed by atoms with van der Waals surface area (Å²) in [5, 5.41) is 4.61. The second kappa shape index (κ2) is 5.26. The van der Waals surface area contributed by atoms with Crippen LogP contribution in [0.1, 0.15) is 51.8 Å². The fourth-order valence-corrected chi connectivity index (χ4v) is 2.98. The fraction of sp³-hybridized carbons (Fsp3) is 0.692. The summed E-state index contributed by atoms with van der Waals surface area (Å²) in [4.78, 5) is 3.34. The molecule has 0 aliphatic heterocycles. The number of imidazole rings is 1. The van der Waals surface area contributed by atoms with Gasteiger partial charge in [-0.25, -0.2) is 0 Å². The summed E-state index contributed by atoms with van der Waals surface area (Å²) in [6, 6.07) is 0.455. The first kappa shape index (κ1) is 13.3. The van der Waals surface area contributed by atoms with Gasteiger partial charge < -0.3 is 4.98 Å². The van der Waals surface area contributed by atoms with Crippen molar-refractivity contribution in [2.45, 2.75) is 52.5 Å². The first-order valence-electron chi connectivity index (χ1n) is 6.80. The van der Waals surface area contributed by atoms with Gasteiger partial charge in [0.1, 0.15) is 5.52 Å². The van der Waals surface area contributed by atoms with E-state index in [0.29, 0.717) is 6.04 Å². The SMILES string of the molecule is CCCc1nn(C)c2c1[nH]c(=S)n2C(CC)CC. The van der Waals surface area contributed by atoms with Gasteiger partial charge in [-0.2, -0.15) is 5.10 Å². The highest BCUT2D eigenvalue weighted by Gasteiger charge is 2.18. The molecule has 0 saturated carbocycles. The third-order valence-corrected chi connectivity index (χ3v) is 3.86. The van der Waals surface area contributed by atoms with Gasteiger partial charge in [-0.1, -0.05) is 27.2 Å². The van der Waals surface area contributed by atoms with Gasteiger partial charge in [0.05, 0.1) is 5.69 Å². The van der Waals surface area contributed by atoms with Crippen molar-refractivity contribution in [3.63, 3.8) is 0 Å². The average molecular weight is 266 g/mol. The van der Waals surface area contributed by atoms with Crippen LogP contribution in [0.4, 0.5) is 0 Å². The van der Waals surface area contributed by atoms with Gasteiger partial charge in [-0.3, -0.25) is 9.25 Å². The molecule has 0 atom stereocenters. The molecule has 100 valence electrons. The highest BCUT2D eigenvalue weighted by atomic mass is 32.1. The molecule has 1 N–H and O–H groups in total. The molecule has 0 aliphatic rings. The lowest BCUT2D eigenvalue weighted by Gasteiger charge is -2.15. The van der Waals surface area contributed by atoms with E-state index >= 15 is 0 Å². The molecule has 2 heterocycles. The van der Waals surface area contributed by atoms with Crippen LogP contribution >= 0.6 is 12.2 Å². The van der Waals surface area contributed by atoms with Gasteiger partial charge in [-0.15, -0.1) is 0 Å². The molecular formula is C13H22N4S. The molecule has 0 aliphatic carbocycles. The van der Waals surface area contributed by atoms with Crippen LogP contribution in [0.2, 0.25) is 0 Å². The quantitative estimate of drug-likeness (QED) is 0.837. The maximum atomic E-state index is 5.49. The van der Waals surface area contributed by atoms with Crippen LogP contribution in [-0.2, 0) is 13.5 Å². The third kappa shape index (κ3) is 2.00. The zero-order valence-corrected chi connectivity index (χ0v) is 12.5. The Morgan fingerprint density at radius 2 is 1.94 bits per heavy atom. The van der Waals surface area contributed by atoms with Crippen molar-refractivity contribution in [1.29, 1.82) is 0 Å². The zero-order chi connectivity index (χ0) is 13.3. The largest absolute Gasteiger partial charge is 0.328 e. The monoisotopic (exact) mass is 266 g/mol. The number of rotatable bonds is 5. The summed E-state index contributed by atoms with van der Waals surface area (Å²) >= 11 is 5.49. The Labute approximate surface area is 113 Å². The fourth-order valence-electron chi connectivity index (χ4n) is 2.64. The lowest BCUT2D eigenvalue weighted by Crippen LogP contribution is -2.09. The predicted octanol–water partition coefficient (Wildman–Crippen LogP) is 3.75. The van der Waals surface area contributed by atoms with E-state index in [9.17, 15) is 0 Å². The van der Waals surface area contributed by atoms with Crippen LogP contribution in [-0.4, -0.2) is 19.3 Å². The van der Waals surface area contributed by atoms with Crippen LogP contribution < -0.4 is 0 Å². The van der Waals surface area contributed by atoms with Crippen molar-refractivity contribution in [2.75, 3.05) is 0 Å². The molecule has 5 heteroatoms. The molecule has 0 aromatic carbocycles. The summed E-state index contributed by atoms with van der Waals surface area (Å²) < 4.78 is 5.02.